The lowest BCUT2D eigenvalue weighted by Gasteiger charge is -2.09. The molecule has 2 aromatic rings. The van der Waals surface area contributed by atoms with E-state index in [0.29, 0.717) is 12.3 Å². The molecule has 1 unspecified atom stereocenters. The van der Waals surface area contributed by atoms with Crippen LogP contribution in [0.2, 0.25) is 0 Å². The van der Waals surface area contributed by atoms with Crippen molar-refractivity contribution in [1.82, 2.24) is 4.57 Å². The number of carboxylic acid groups (broad SMARTS) is 1. The second kappa shape index (κ2) is 5.47. The molecule has 0 saturated heterocycles. The van der Waals surface area contributed by atoms with Gasteiger partial charge in [0.15, 0.2) is 0 Å². The highest BCUT2D eigenvalue weighted by molar-refractivity contribution is 5.81. The Morgan fingerprint density at radius 2 is 2.00 bits per heavy atom. The topological polar surface area (TPSA) is 42.2 Å². The average Bonchev–Trinajstić information content (AvgIpc) is 2.71. The molecule has 0 spiro atoms. The molecule has 0 aliphatic heterocycles. The first-order valence-electron chi connectivity index (χ1n) is 6.78. The number of carbonyl (C=O) groups is 1. The van der Waals surface area contributed by atoms with Gasteiger partial charge in [0.05, 0.1) is 5.92 Å². The third-order valence-corrected chi connectivity index (χ3v) is 3.36. The largest absolute Gasteiger partial charge is 0.481 e. The number of fused-ring (bicyclic) bond motifs is 1. The molecule has 1 heterocycles. The van der Waals surface area contributed by atoms with Gasteiger partial charge in [0.25, 0.3) is 0 Å². The first-order chi connectivity index (χ1) is 8.97. The molecular formula is C16H21NO2. The van der Waals surface area contributed by atoms with Crippen LogP contribution in [0.4, 0.5) is 0 Å². The number of hydrogen-bond acceptors (Lipinski definition) is 1. The van der Waals surface area contributed by atoms with Crippen molar-refractivity contribution in [2.45, 2.75) is 33.7 Å². The number of nitrogens with zero attached hydrogens (tertiary/aromatic N) is 1. The monoisotopic (exact) mass is 259 g/mol. The average molecular weight is 259 g/mol. The molecule has 19 heavy (non-hydrogen) atoms. The van der Waals surface area contributed by atoms with Gasteiger partial charge in [-0.3, -0.25) is 4.79 Å². The fraction of sp³-hybridized carbons (Fsp3) is 0.438. The van der Waals surface area contributed by atoms with Crippen molar-refractivity contribution in [3.05, 3.63) is 36.0 Å². The third-order valence-electron chi connectivity index (χ3n) is 3.36. The molecule has 2 rings (SSSR count). The van der Waals surface area contributed by atoms with Gasteiger partial charge >= 0.3 is 5.97 Å². The normalized spacial score (nSPS) is 13.1. The van der Waals surface area contributed by atoms with Crippen LogP contribution in [0.25, 0.3) is 10.9 Å². The molecule has 1 N–H and O–H groups in total. The summed E-state index contributed by atoms with van der Waals surface area (Å²) in [5.74, 6) is -0.463. The maximum atomic E-state index is 10.9. The van der Waals surface area contributed by atoms with Crippen LogP contribution in [0, 0.1) is 11.8 Å². The summed E-state index contributed by atoms with van der Waals surface area (Å²) >= 11 is 0. The zero-order chi connectivity index (χ0) is 14.0. The summed E-state index contributed by atoms with van der Waals surface area (Å²) in [5, 5.41) is 10.1. The Labute approximate surface area is 113 Å². The minimum Gasteiger partial charge on any atom is -0.481 e. The van der Waals surface area contributed by atoms with Crippen molar-refractivity contribution in [2.75, 3.05) is 0 Å². The van der Waals surface area contributed by atoms with E-state index < -0.39 is 5.97 Å². The van der Waals surface area contributed by atoms with Crippen LogP contribution < -0.4 is 0 Å². The fourth-order valence-electron chi connectivity index (χ4n) is 2.37. The van der Waals surface area contributed by atoms with E-state index in [1.165, 1.54) is 10.9 Å². The number of aromatic nitrogens is 1. The molecule has 1 atom stereocenters. The molecule has 0 saturated carbocycles. The van der Waals surface area contributed by atoms with Gasteiger partial charge in [0, 0.05) is 18.3 Å². The van der Waals surface area contributed by atoms with Crippen LogP contribution in [-0.4, -0.2) is 15.6 Å². The van der Waals surface area contributed by atoms with Gasteiger partial charge in [0.1, 0.15) is 0 Å². The predicted octanol–water partition coefficient (Wildman–Crippen LogP) is 3.56. The van der Waals surface area contributed by atoms with E-state index in [-0.39, 0.29) is 5.92 Å². The number of hydrogen-bond donors (Lipinski definition) is 1. The molecule has 0 radical (unpaired) electrons. The molecule has 0 aliphatic rings. The number of rotatable bonds is 5. The minimum absolute atomic E-state index is 0.338. The Kier molecular flexibility index (Phi) is 3.93. The lowest BCUT2D eigenvalue weighted by molar-refractivity contribution is -0.141. The second-order valence-corrected chi connectivity index (χ2v) is 5.70. The van der Waals surface area contributed by atoms with Crippen LogP contribution >= 0.6 is 0 Å². The van der Waals surface area contributed by atoms with Crippen molar-refractivity contribution >= 4 is 16.9 Å². The Balaban J connectivity index is 2.25. The Morgan fingerprint density at radius 3 is 2.63 bits per heavy atom. The summed E-state index contributed by atoms with van der Waals surface area (Å²) in [6.07, 6.45) is 2.69. The molecule has 1 aromatic heterocycles. The Bertz CT molecular complexity index is 583. The van der Waals surface area contributed by atoms with E-state index in [0.717, 1.165) is 12.1 Å². The minimum atomic E-state index is -0.738. The first kappa shape index (κ1) is 13.7. The van der Waals surface area contributed by atoms with E-state index in [4.69, 9.17) is 5.11 Å². The number of aliphatic carboxylic acids is 1. The second-order valence-electron chi connectivity index (χ2n) is 5.70. The molecule has 1 aromatic carbocycles. The van der Waals surface area contributed by atoms with Gasteiger partial charge in [-0.1, -0.05) is 26.8 Å². The smallest absolute Gasteiger partial charge is 0.306 e. The Hall–Kier alpha value is -1.77. The van der Waals surface area contributed by atoms with Crippen LogP contribution in [0.15, 0.2) is 30.5 Å². The van der Waals surface area contributed by atoms with Crippen LogP contribution in [0.3, 0.4) is 0 Å². The van der Waals surface area contributed by atoms with Crippen molar-refractivity contribution in [3.63, 3.8) is 0 Å². The van der Waals surface area contributed by atoms with E-state index in [1.807, 2.05) is 6.07 Å². The maximum absolute atomic E-state index is 10.9. The van der Waals surface area contributed by atoms with Crippen LogP contribution in [0.5, 0.6) is 0 Å². The van der Waals surface area contributed by atoms with Crippen molar-refractivity contribution in [3.8, 4) is 0 Å². The van der Waals surface area contributed by atoms with Gasteiger partial charge in [-0.25, -0.2) is 0 Å². The fourth-order valence-corrected chi connectivity index (χ4v) is 2.37. The number of carboxylic acids is 1. The summed E-state index contributed by atoms with van der Waals surface area (Å²) in [5.41, 5.74) is 2.31. The van der Waals surface area contributed by atoms with Crippen LogP contribution in [0.1, 0.15) is 26.3 Å². The van der Waals surface area contributed by atoms with Crippen molar-refractivity contribution < 1.29 is 9.90 Å². The Morgan fingerprint density at radius 1 is 1.26 bits per heavy atom. The summed E-state index contributed by atoms with van der Waals surface area (Å²) in [4.78, 5) is 10.9. The van der Waals surface area contributed by atoms with Gasteiger partial charge in [0.2, 0.25) is 0 Å². The lowest BCUT2D eigenvalue weighted by Crippen LogP contribution is -2.12. The van der Waals surface area contributed by atoms with Crippen molar-refractivity contribution in [1.29, 1.82) is 0 Å². The molecule has 3 heteroatoms. The molecule has 0 bridgehead atoms. The molecule has 0 fully saturated rings. The highest BCUT2D eigenvalue weighted by atomic mass is 16.4. The third kappa shape index (κ3) is 3.16. The van der Waals surface area contributed by atoms with E-state index >= 15 is 0 Å². The maximum Gasteiger partial charge on any atom is 0.306 e. The zero-order valence-corrected chi connectivity index (χ0v) is 11.8. The molecule has 102 valence electrons. The SMILES string of the molecule is CC(C)Cn1ccc2cc(CC(C)C(=O)O)ccc21. The summed E-state index contributed by atoms with van der Waals surface area (Å²) in [6, 6.07) is 8.35. The number of benzene rings is 1. The van der Waals surface area contributed by atoms with Gasteiger partial charge in [-0.05, 0) is 41.5 Å². The highest BCUT2D eigenvalue weighted by Crippen LogP contribution is 2.20. The van der Waals surface area contributed by atoms with E-state index in [1.54, 1.807) is 6.92 Å². The summed E-state index contributed by atoms with van der Waals surface area (Å²) < 4.78 is 2.25. The quantitative estimate of drug-likeness (QED) is 0.892. The van der Waals surface area contributed by atoms with Crippen molar-refractivity contribution in [2.24, 2.45) is 11.8 Å². The summed E-state index contributed by atoms with van der Waals surface area (Å²) in [6.45, 7) is 7.16. The van der Waals surface area contributed by atoms with Gasteiger partial charge in [-0.2, -0.15) is 0 Å². The molecule has 0 amide bonds. The predicted molar refractivity (Wildman–Crippen MR) is 77.3 cm³/mol. The summed E-state index contributed by atoms with van der Waals surface area (Å²) in [7, 11) is 0. The van der Waals surface area contributed by atoms with E-state index in [2.05, 4.69) is 42.8 Å². The zero-order valence-electron chi connectivity index (χ0n) is 11.8. The molecule has 3 nitrogen and oxygen atoms in total. The van der Waals surface area contributed by atoms with Crippen LogP contribution in [-0.2, 0) is 17.8 Å². The van der Waals surface area contributed by atoms with E-state index in [9.17, 15) is 4.79 Å². The molecule has 0 aliphatic carbocycles. The van der Waals surface area contributed by atoms with Gasteiger partial charge in [-0.15, -0.1) is 0 Å². The first-order valence-corrected chi connectivity index (χ1v) is 6.78. The lowest BCUT2D eigenvalue weighted by atomic mass is 10.0. The molecular weight excluding hydrogens is 238 g/mol. The highest BCUT2D eigenvalue weighted by Gasteiger charge is 2.12. The standard InChI is InChI=1S/C16H21NO2/c1-11(2)10-17-7-6-14-9-13(4-5-15(14)17)8-12(3)16(18)19/h4-7,9,11-12H,8,10H2,1-3H3,(H,18,19). The van der Waals surface area contributed by atoms with Gasteiger partial charge < -0.3 is 9.67 Å².